The van der Waals surface area contributed by atoms with Crippen LogP contribution in [-0.2, 0) is 17.8 Å². The third-order valence-electron chi connectivity index (χ3n) is 4.08. The molecule has 3 heterocycles. The van der Waals surface area contributed by atoms with Crippen molar-refractivity contribution in [2.24, 2.45) is 0 Å². The van der Waals surface area contributed by atoms with Crippen LogP contribution in [-0.4, -0.2) is 34.1 Å². The van der Waals surface area contributed by atoms with E-state index in [0.717, 1.165) is 28.6 Å². The molecule has 6 heteroatoms. The first-order valence-electron chi connectivity index (χ1n) is 7.72. The van der Waals surface area contributed by atoms with Gasteiger partial charge in [0.1, 0.15) is 0 Å². The summed E-state index contributed by atoms with van der Waals surface area (Å²) in [5.74, 6) is 0.890. The summed E-state index contributed by atoms with van der Waals surface area (Å²) >= 11 is 0. The van der Waals surface area contributed by atoms with Crippen LogP contribution in [0.1, 0.15) is 50.4 Å². The summed E-state index contributed by atoms with van der Waals surface area (Å²) in [6, 6.07) is 0. The Morgan fingerprint density at radius 2 is 2.18 bits per heavy atom. The molecular weight excluding hydrogens is 282 g/mol. The van der Waals surface area contributed by atoms with Crippen LogP contribution in [0.25, 0.3) is 11.1 Å². The van der Waals surface area contributed by atoms with Gasteiger partial charge < -0.3 is 14.2 Å². The molecule has 0 N–H and O–H groups in total. The lowest BCUT2D eigenvalue weighted by Gasteiger charge is -2.29. The minimum Gasteiger partial charge on any atom is -0.478 e. The average molecular weight is 303 g/mol. The molecular formula is C16H21N3O3. The van der Waals surface area contributed by atoms with Crippen molar-refractivity contribution in [2.45, 2.75) is 46.6 Å². The van der Waals surface area contributed by atoms with E-state index in [1.54, 1.807) is 6.92 Å². The summed E-state index contributed by atoms with van der Waals surface area (Å²) in [6.45, 7) is 9.45. The fourth-order valence-electron chi connectivity index (χ4n) is 2.97. The van der Waals surface area contributed by atoms with E-state index in [-0.39, 0.29) is 11.8 Å². The van der Waals surface area contributed by atoms with Crippen LogP contribution >= 0.6 is 0 Å². The Bertz CT molecular complexity index is 721. The number of hydrogen-bond donors (Lipinski definition) is 0. The predicted molar refractivity (Wildman–Crippen MR) is 81.9 cm³/mol. The van der Waals surface area contributed by atoms with Crippen LogP contribution in [0, 0.1) is 0 Å². The first-order chi connectivity index (χ1) is 10.5. The van der Waals surface area contributed by atoms with Gasteiger partial charge in [0, 0.05) is 19.0 Å². The van der Waals surface area contributed by atoms with Crippen molar-refractivity contribution < 1.29 is 14.1 Å². The van der Waals surface area contributed by atoms with Crippen LogP contribution in [0.3, 0.4) is 0 Å². The molecule has 118 valence electrons. The zero-order valence-electron chi connectivity index (χ0n) is 13.5. The lowest BCUT2D eigenvalue weighted by Crippen LogP contribution is -2.34. The van der Waals surface area contributed by atoms with Gasteiger partial charge in [0.15, 0.2) is 0 Å². The maximum Gasteiger partial charge on any atom is 0.261 e. The zero-order chi connectivity index (χ0) is 15.9. The largest absolute Gasteiger partial charge is 0.478 e. The van der Waals surface area contributed by atoms with Crippen LogP contribution in [0.15, 0.2) is 4.52 Å². The second kappa shape index (κ2) is 5.59. The van der Waals surface area contributed by atoms with E-state index >= 15 is 0 Å². The Labute approximate surface area is 129 Å². The van der Waals surface area contributed by atoms with E-state index in [9.17, 15) is 4.79 Å². The summed E-state index contributed by atoms with van der Waals surface area (Å²) in [7, 11) is 0. The van der Waals surface area contributed by atoms with Crippen molar-refractivity contribution >= 4 is 17.0 Å². The molecule has 0 fully saturated rings. The van der Waals surface area contributed by atoms with Crippen LogP contribution < -0.4 is 4.74 Å². The molecule has 0 aliphatic carbocycles. The topological polar surface area (TPSA) is 68.5 Å². The lowest BCUT2D eigenvalue weighted by atomic mass is 9.94. The highest BCUT2D eigenvalue weighted by atomic mass is 16.5. The van der Waals surface area contributed by atoms with E-state index in [4.69, 9.17) is 9.26 Å². The molecule has 2 aromatic heterocycles. The maximum absolute atomic E-state index is 11.7. The molecule has 0 atom stereocenters. The van der Waals surface area contributed by atoms with Crippen molar-refractivity contribution in [1.29, 1.82) is 0 Å². The SMILES string of the molecule is CCOc1nc2onc(C(C)C)c2c2c1CN(C(C)=O)CC2. The second-order valence-corrected chi connectivity index (χ2v) is 5.90. The molecule has 1 aliphatic heterocycles. The molecule has 1 amide bonds. The van der Waals surface area contributed by atoms with Crippen LogP contribution in [0.2, 0.25) is 0 Å². The molecule has 0 radical (unpaired) electrons. The molecule has 0 saturated heterocycles. The summed E-state index contributed by atoms with van der Waals surface area (Å²) in [5.41, 5.74) is 3.61. The van der Waals surface area contributed by atoms with E-state index in [0.29, 0.717) is 31.3 Å². The predicted octanol–water partition coefficient (Wildman–Crippen LogP) is 2.65. The Balaban J connectivity index is 2.21. The Morgan fingerprint density at radius 3 is 2.82 bits per heavy atom. The maximum atomic E-state index is 11.7. The fourth-order valence-corrected chi connectivity index (χ4v) is 2.97. The fraction of sp³-hybridized carbons (Fsp3) is 0.562. The van der Waals surface area contributed by atoms with E-state index in [2.05, 4.69) is 24.0 Å². The second-order valence-electron chi connectivity index (χ2n) is 5.90. The highest BCUT2D eigenvalue weighted by Crippen LogP contribution is 2.36. The third kappa shape index (κ3) is 2.32. The number of rotatable bonds is 3. The van der Waals surface area contributed by atoms with Gasteiger partial charge in [-0.15, -0.1) is 0 Å². The summed E-state index contributed by atoms with van der Waals surface area (Å²) in [6.07, 6.45) is 0.773. The lowest BCUT2D eigenvalue weighted by molar-refractivity contribution is -0.129. The molecule has 22 heavy (non-hydrogen) atoms. The number of carbonyl (C=O) groups is 1. The Morgan fingerprint density at radius 1 is 1.41 bits per heavy atom. The van der Waals surface area contributed by atoms with Gasteiger partial charge in [-0.1, -0.05) is 19.0 Å². The first kappa shape index (κ1) is 14.8. The Kier molecular flexibility index (Phi) is 3.76. The van der Waals surface area contributed by atoms with Crippen molar-refractivity contribution in [2.75, 3.05) is 13.2 Å². The smallest absolute Gasteiger partial charge is 0.261 e. The third-order valence-corrected chi connectivity index (χ3v) is 4.08. The molecule has 6 nitrogen and oxygen atoms in total. The van der Waals surface area contributed by atoms with Crippen LogP contribution in [0.4, 0.5) is 0 Å². The number of nitrogens with zero attached hydrogens (tertiary/aromatic N) is 3. The van der Waals surface area contributed by atoms with Crippen molar-refractivity contribution in [3.8, 4) is 5.88 Å². The highest BCUT2D eigenvalue weighted by Gasteiger charge is 2.28. The summed E-state index contributed by atoms with van der Waals surface area (Å²) < 4.78 is 11.1. The van der Waals surface area contributed by atoms with Crippen molar-refractivity contribution in [1.82, 2.24) is 15.0 Å². The van der Waals surface area contributed by atoms with Gasteiger partial charge in [0.25, 0.3) is 5.71 Å². The number of aromatic nitrogens is 2. The molecule has 0 bridgehead atoms. The van der Waals surface area contributed by atoms with Gasteiger partial charge in [0.2, 0.25) is 11.8 Å². The van der Waals surface area contributed by atoms with E-state index < -0.39 is 0 Å². The van der Waals surface area contributed by atoms with E-state index in [1.165, 1.54) is 0 Å². The van der Waals surface area contributed by atoms with E-state index in [1.807, 2.05) is 11.8 Å². The normalized spacial score (nSPS) is 14.5. The summed E-state index contributed by atoms with van der Waals surface area (Å²) in [5, 5.41) is 5.18. The Hall–Kier alpha value is -2.11. The standard InChI is InChI=1S/C16H21N3O3/c1-5-21-15-12-8-19(10(4)20)7-6-11(12)13-14(9(2)3)18-22-16(13)17-15/h9H,5-8H2,1-4H3. The number of ether oxygens (including phenoxy) is 1. The average Bonchev–Trinajstić information content (AvgIpc) is 2.91. The van der Waals surface area contributed by atoms with Crippen LogP contribution in [0.5, 0.6) is 5.88 Å². The quantitative estimate of drug-likeness (QED) is 0.872. The number of amides is 1. The number of carbonyl (C=O) groups excluding carboxylic acids is 1. The molecule has 3 rings (SSSR count). The van der Waals surface area contributed by atoms with Gasteiger partial charge in [-0.2, -0.15) is 4.98 Å². The van der Waals surface area contributed by atoms with Gasteiger partial charge in [0.05, 0.1) is 24.2 Å². The number of hydrogen-bond acceptors (Lipinski definition) is 5. The number of fused-ring (bicyclic) bond motifs is 3. The molecule has 0 saturated carbocycles. The zero-order valence-corrected chi connectivity index (χ0v) is 13.5. The highest BCUT2D eigenvalue weighted by molar-refractivity contribution is 5.84. The van der Waals surface area contributed by atoms with Crippen molar-refractivity contribution in [3.05, 3.63) is 16.8 Å². The minimum absolute atomic E-state index is 0.0718. The first-order valence-corrected chi connectivity index (χ1v) is 7.72. The molecule has 0 spiro atoms. The van der Waals surface area contributed by atoms with Crippen molar-refractivity contribution in [3.63, 3.8) is 0 Å². The van der Waals surface area contributed by atoms with Gasteiger partial charge in [-0.05, 0) is 24.8 Å². The summed E-state index contributed by atoms with van der Waals surface area (Å²) in [4.78, 5) is 18.0. The molecule has 0 unspecified atom stereocenters. The van der Waals surface area contributed by atoms with Gasteiger partial charge >= 0.3 is 0 Å². The molecule has 0 aromatic carbocycles. The number of pyridine rings is 1. The monoisotopic (exact) mass is 303 g/mol. The minimum atomic E-state index is 0.0718. The van der Waals surface area contributed by atoms with Gasteiger partial charge in [-0.25, -0.2) is 0 Å². The molecule has 2 aromatic rings. The van der Waals surface area contributed by atoms with Gasteiger partial charge in [-0.3, -0.25) is 4.79 Å². The molecule has 1 aliphatic rings.